The molecule has 0 aliphatic carbocycles. The van der Waals surface area contributed by atoms with E-state index < -0.39 is 5.24 Å². The van der Waals surface area contributed by atoms with Gasteiger partial charge in [0, 0.05) is 6.20 Å². The minimum Gasteiger partial charge on any atom is -0.494 e. The predicted octanol–water partition coefficient (Wildman–Crippen LogP) is 1.47. The third-order valence-electron chi connectivity index (χ3n) is 1.22. The molecule has 0 aromatic carbocycles. The summed E-state index contributed by atoms with van der Waals surface area (Å²) in [7, 11) is 1.46. The fourth-order valence-corrected chi connectivity index (χ4v) is 0.861. The molecule has 3 nitrogen and oxygen atoms in total. The van der Waals surface area contributed by atoms with Gasteiger partial charge in [-0.15, -0.1) is 0 Å². The Morgan fingerprint density at radius 3 is 2.91 bits per heavy atom. The van der Waals surface area contributed by atoms with E-state index in [0.717, 1.165) is 0 Å². The number of nitrogens with zero attached hydrogens (tertiary/aromatic N) is 1. The van der Waals surface area contributed by atoms with Gasteiger partial charge in [0.05, 0.1) is 18.9 Å². The Morgan fingerprint density at radius 2 is 2.45 bits per heavy atom. The number of ether oxygens (including phenoxy) is 1. The van der Waals surface area contributed by atoms with Crippen LogP contribution in [0.3, 0.4) is 0 Å². The van der Waals surface area contributed by atoms with Gasteiger partial charge in [0.1, 0.15) is 5.75 Å². The topological polar surface area (TPSA) is 39.2 Å². The van der Waals surface area contributed by atoms with Gasteiger partial charge < -0.3 is 4.74 Å². The summed E-state index contributed by atoms with van der Waals surface area (Å²) < 4.78 is 4.84. The van der Waals surface area contributed by atoms with Crippen molar-refractivity contribution in [1.29, 1.82) is 0 Å². The molecule has 11 heavy (non-hydrogen) atoms. The quantitative estimate of drug-likeness (QED) is 0.633. The SMILES string of the molecule is COc1cnccc1C(=O)Cl. The maximum atomic E-state index is 10.7. The van der Waals surface area contributed by atoms with E-state index in [1.807, 2.05) is 0 Å². The maximum absolute atomic E-state index is 10.7. The lowest BCUT2D eigenvalue weighted by Crippen LogP contribution is -1.95. The minimum atomic E-state index is -0.538. The number of halogens is 1. The van der Waals surface area contributed by atoms with Crippen molar-refractivity contribution in [2.75, 3.05) is 7.11 Å². The van der Waals surface area contributed by atoms with E-state index in [2.05, 4.69) is 4.98 Å². The average Bonchev–Trinajstić information content (AvgIpc) is 2.04. The molecule has 4 heteroatoms. The lowest BCUT2D eigenvalue weighted by molar-refractivity contribution is 0.107. The van der Waals surface area contributed by atoms with Gasteiger partial charge in [-0.1, -0.05) is 0 Å². The van der Waals surface area contributed by atoms with Crippen molar-refractivity contribution in [1.82, 2.24) is 4.98 Å². The standard InChI is InChI=1S/C7H6ClNO2/c1-11-6-4-9-3-2-5(6)7(8)10/h2-4H,1H3. The molecule has 1 aromatic heterocycles. The van der Waals surface area contributed by atoms with Crippen molar-refractivity contribution in [3.8, 4) is 5.75 Å². The zero-order valence-electron chi connectivity index (χ0n) is 5.87. The molecule has 1 aromatic rings. The summed E-state index contributed by atoms with van der Waals surface area (Å²) in [5.74, 6) is 0.396. The van der Waals surface area contributed by atoms with Crippen LogP contribution in [0, 0.1) is 0 Å². The summed E-state index contributed by atoms with van der Waals surface area (Å²) in [6.45, 7) is 0. The van der Waals surface area contributed by atoms with E-state index in [1.165, 1.54) is 25.6 Å². The summed E-state index contributed by atoms with van der Waals surface area (Å²) in [4.78, 5) is 14.4. The molecule has 0 fully saturated rings. The normalized spacial score (nSPS) is 9.27. The molecule has 0 amide bonds. The second kappa shape index (κ2) is 3.34. The monoisotopic (exact) mass is 171 g/mol. The summed E-state index contributed by atoms with van der Waals surface area (Å²) in [5.41, 5.74) is 0.337. The number of hydrogen-bond acceptors (Lipinski definition) is 3. The second-order valence-corrected chi connectivity index (χ2v) is 2.19. The highest BCUT2D eigenvalue weighted by Crippen LogP contribution is 2.17. The predicted molar refractivity (Wildman–Crippen MR) is 41.0 cm³/mol. The van der Waals surface area contributed by atoms with Gasteiger partial charge in [0.25, 0.3) is 5.24 Å². The van der Waals surface area contributed by atoms with Crippen LogP contribution in [0.25, 0.3) is 0 Å². The van der Waals surface area contributed by atoms with Crippen LogP contribution in [0.5, 0.6) is 5.75 Å². The lowest BCUT2D eigenvalue weighted by atomic mass is 10.3. The first-order valence-corrected chi connectivity index (χ1v) is 3.31. The smallest absolute Gasteiger partial charge is 0.256 e. The Bertz CT molecular complexity index is 275. The van der Waals surface area contributed by atoms with Crippen LogP contribution in [-0.4, -0.2) is 17.3 Å². The van der Waals surface area contributed by atoms with E-state index in [4.69, 9.17) is 16.3 Å². The summed E-state index contributed by atoms with van der Waals surface area (Å²) in [5, 5.41) is -0.538. The Labute approximate surface area is 69.0 Å². The molecule has 0 radical (unpaired) electrons. The summed E-state index contributed by atoms with van der Waals surface area (Å²) in [6.07, 6.45) is 2.92. The highest BCUT2D eigenvalue weighted by atomic mass is 35.5. The number of carbonyl (C=O) groups is 1. The number of rotatable bonds is 2. The number of methoxy groups -OCH3 is 1. The number of carbonyl (C=O) groups excluding carboxylic acids is 1. The van der Waals surface area contributed by atoms with Crippen molar-refractivity contribution in [2.24, 2.45) is 0 Å². The molecule has 1 heterocycles. The fourth-order valence-electron chi connectivity index (χ4n) is 0.705. The van der Waals surface area contributed by atoms with E-state index in [-0.39, 0.29) is 0 Å². The van der Waals surface area contributed by atoms with Gasteiger partial charge in [0.2, 0.25) is 0 Å². The first-order chi connectivity index (χ1) is 5.25. The van der Waals surface area contributed by atoms with Crippen LogP contribution in [0.1, 0.15) is 10.4 Å². The Kier molecular flexibility index (Phi) is 2.44. The molecule has 0 unspecified atom stereocenters. The van der Waals surface area contributed by atoms with E-state index in [0.29, 0.717) is 11.3 Å². The molecule has 0 aliphatic heterocycles. The number of hydrogen-bond donors (Lipinski definition) is 0. The fraction of sp³-hybridized carbons (Fsp3) is 0.143. The third kappa shape index (κ3) is 1.68. The molecule has 0 bridgehead atoms. The zero-order chi connectivity index (χ0) is 8.27. The molecular formula is C7H6ClNO2. The Balaban J connectivity index is 3.12. The first kappa shape index (κ1) is 8.01. The second-order valence-electron chi connectivity index (χ2n) is 1.85. The van der Waals surface area contributed by atoms with Crippen LogP contribution in [0.4, 0.5) is 0 Å². The van der Waals surface area contributed by atoms with E-state index in [1.54, 1.807) is 0 Å². The molecule has 0 aliphatic rings. The van der Waals surface area contributed by atoms with Gasteiger partial charge in [-0.2, -0.15) is 0 Å². The largest absolute Gasteiger partial charge is 0.494 e. The lowest BCUT2D eigenvalue weighted by Gasteiger charge is -2.01. The van der Waals surface area contributed by atoms with Crippen molar-refractivity contribution >= 4 is 16.8 Å². The highest BCUT2D eigenvalue weighted by Gasteiger charge is 2.07. The van der Waals surface area contributed by atoms with Crippen molar-refractivity contribution < 1.29 is 9.53 Å². The Morgan fingerprint density at radius 1 is 1.73 bits per heavy atom. The molecule has 1 rings (SSSR count). The van der Waals surface area contributed by atoms with E-state index in [9.17, 15) is 4.79 Å². The summed E-state index contributed by atoms with van der Waals surface area (Å²) >= 11 is 5.24. The Hall–Kier alpha value is -1.09. The van der Waals surface area contributed by atoms with Crippen molar-refractivity contribution in [3.63, 3.8) is 0 Å². The first-order valence-electron chi connectivity index (χ1n) is 2.93. The van der Waals surface area contributed by atoms with Gasteiger partial charge in [-0.3, -0.25) is 9.78 Å². The van der Waals surface area contributed by atoms with Gasteiger partial charge in [-0.05, 0) is 17.7 Å². The summed E-state index contributed by atoms with van der Waals surface area (Å²) in [6, 6.07) is 1.51. The number of aromatic nitrogens is 1. The van der Waals surface area contributed by atoms with E-state index >= 15 is 0 Å². The van der Waals surface area contributed by atoms with Gasteiger partial charge in [-0.25, -0.2) is 0 Å². The van der Waals surface area contributed by atoms with Crippen LogP contribution in [-0.2, 0) is 0 Å². The van der Waals surface area contributed by atoms with Crippen molar-refractivity contribution in [3.05, 3.63) is 24.0 Å². The molecule has 0 spiro atoms. The molecular weight excluding hydrogens is 166 g/mol. The molecule has 0 saturated heterocycles. The molecule has 0 saturated carbocycles. The van der Waals surface area contributed by atoms with Gasteiger partial charge in [0.15, 0.2) is 0 Å². The van der Waals surface area contributed by atoms with Gasteiger partial charge >= 0.3 is 0 Å². The van der Waals surface area contributed by atoms with Crippen LogP contribution in [0.2, 0.25) is 0 Å². The maximum Gasteiger partial charge on any atom is 0.256 e. The van der Waals surface area contributed by atoms with Crippen LogP contribution >= 0.6 is 11.6 Å². The third-order valence-corrected chi connectivity index (χ3v) is 1.42. The zero-order valence-corrected chi connectivity index (χ0v) is 6.63. The average molecular weight is 172 g/mol. The van der Waals surface area contributed by atoms with Crippen LogP contribution in [0.15, 0.2) is 18.5 Å². The van der Waals surface area contributed by atoms with Crippen LogP contribution < -0.4 is 4.74 Å². The molecule has 0 N–H and O–H groups in total. The molecule has 0 atom stereocenters. The van der Waals surface area contributed by atoms with Crippen molar-refractivity contribution in [2.45, 2.75) is 0 Å². The number of pyridine rings is 1. The molecule has 58 valence electrons. The highest BCUT2D eigenvalue weighted by molar-refractivity contribution is 6.68. The minimum absolute atomic E-state index is 0.337.